The van der Waals surface area contributed by atoms with Gasteiger partial charge in [-0.15, -0.1) is 0 Å². The van der Waals surface area contributed by atoms with Gasteiger partial charge >= 0.3 is 12.1 Å². The summed E-state index contributed by atoms with van der Waals surface area (Å²) < 4.78 is 36.2. The molecule has 3 N–H and O–H groups in total. The van der Waals surface area contributed by atoms with Crippen molar-refractivity contribution in [3.63, 3.8) is 0 Å². The summed E-state index contributed by atoms with van der Waals surface area (Å²) in [6.07, 6.45) is 1.03. The van der Waals surface area contributed by atoms with E-state index in [4.69, 9.17) is 0 Å². The molecular weight excluding hydrogens is 333 g/mol. The summed E-state index contributed by atoms with van der Waals surface area (Å²) in [5.74, 6) is -1.90. The highest BCUT2D eigenvalue weighted by molar-refractivity contribution is 5.81. The maximum Gasteiger partial charge on any atom is 0.471 e. The molecule has 0 aliphatic heterocycles. The lowest BCUT2D eigenvalue weighted by Crippen LogP contribution is -2.38. The summed E-state index contributed by atoms with van der Waals surface area (Å²) in [6, 6.07) is 7.60. The zero-order chi connectivity index (χ0) is 18.3. The molecule has 0 aromatic heterocycles. The molecule has 1 aromatic carbocycles. The summed E-state index contributed by atoms with van der Waals surface area (Å²) in [7, 11) is 0. The molecule has 1 aromatic rings. The average molecular weight is 358 g/mol. The molecule has 0 heterocycles. The number of amides is 1. The van der Waals surface area contributed by atoms with E-state index in [2.05, 4.69) is 5.32 Å². The number of halogens is 3. The number of benzene rings is 1. The van der Waals surface area contributed by atoms with Crippen LogP contribution in [0.25, 0.3) is 0 Å². The van der Waals surface area contributed by atoms with Crippen molar-refractivity contribution in [2.24, 2.45) is 0 Å². The van der Waals surface area contributed by atoms with Crippen LogP contribution in [0.3, 0.4) is 0 Å². The lowest BCUT2D eigenvalue weighted by molar-refractivity contribution is -0.173. The van der Waals surface area contributed by atoms with E-state index in [-0.39, 0.29) is 6.54 Å². The van der Waals surface area contributed by atoms with Gasteiger partial charge in [-0.3, -0.25) is 4.79 Å². The molecule has 0 spiro atoms. The third kappa shape index (κ3) is 6.57. The molecule has 0 saturated heterocycles. The van der Waals surface area contributed by atoms with Crippen molar-refractivity contribution < 1.29 is 23.1 Å². The first kappa shape index (κ1) is 19.6. The summed E-state index contributed by atoms with van der Waals surface area (Å²) >= 11 is 0. The van der Waals surface area contributed by atoms with Crippen LogP contribution in [0, 0.1) is 0 Å². The lowest BCUT2D eigenvalue weighted by atomic mass is 9.85. The minimum Gasteiger partial charge on any atom is -0.388 e. The number of nitrogens with one attached hydrogen (secondary N) is 2. The molecular formula is C18H25F3N2O2. The van der Waals surface area contributed by atoms with Gasteiger partial charge in [0.15, 0.2) is 0 Å². The van der Waals surface area contributed by atoms with Gasteiger partial charge in [-0.05, 0) is 43.4 Å². The normalized spacial score (nSPS) is 17.1. The van der Waals surface area contributed by atoms with Crippen LogP contribution in [-0.2, 0) is 11.2 Å². The van der Waals surface area contributed by atoms with Crippen molar-refractivity contribution >= 4 is 11.6 Å². The van der Waals surface area contributed by atoms with Gasteiger partial charge in [0.05, 0.1) is 5.60 Å². The van der Waals surface area contributed by atoms with E-state index in [1.54, 1.807) is 0 Å². The van der Waals surface area contributed by atoms with Gasteiger partial charge in [0.2, 0.25) is 0 Å². The number of carbonyl (C=O) groups is 1. The molecule has 1 saturated carbocycles. The Balaban J connectivity index is 1.76. The fourth-order valence-electron chi connectivity index (χ4n) is 3.08. The van der Waals surface area contributed by atoms with Crippen LogP contribution in [0.15, 0.2) is 24.3 Å². The Morgan fingerprint density at radius 1 is 1.20 bits per heavy atom. The highest BCUT2D eigenvalue weighted by atomic mass is 19.4. The zero-order valence-corrected chi connectivity index (χ0v) is 14.2. The number of hydrogen-bond donors (Lipinski definition) is 3. The predicted molar refractivity (Wildman–Crippen MR) is 90.4 cm³/mol. The van der Waals surface area contributed by atoms with Crippen LogP contribution in [0.2, 0.25) is 0 Å². The highest BCUT2D eigenvalue weighted by Crippen LogP contribution is 2.28. The number of alkyl halides is 3. The molecule has 2 rings (SSSR count). The van der Waals surface area contributed by atoms with Gasteiger partial charge < -0.3 is 15.7 Å². The Bertz CT molecular complexity index is 570. The monoisotopic (exact) mass is 358 g/mol. The second-order valence-corrected chi connectivity index (χ2v) is 6.70. The van der Waals surface area contributed by atoms with Gasteiger partial charge in [-0.25, -0.2) is 0 Å². The third-order valence-corrected chi connectivity index (χ3v) is 4.52. The van der Waals surface area contributed by atoms with Gasteiger partial charge in [0, 0.05) is 18.8 Å². The Morgan fingerprint density at radius 2 is 1.92 bits per heavy atom. The maximum absolute atomic E-state index is 12.1. The molecule has 1 amide bonds. The molecule has 1 aliphatic rings. The number of anilines is 1. The molecule has 0 unspecified atom stereocenters. The number of rotatable bonds is 7. The van der Waals surface area contributed by atoms with Gasteiger partial charge in [-0.1, -0.05) is 31.4 Å². The summed E-state index contributed by atoms with van der Waals surface area (Å²) in [6.45, 7) is 0.480. The summed E-state index contributed by atoms with van der Waals surface area (Å²) in [4.78, 5) is 10.7. The topological polar surface area (TPSA) is 61.4 Å². The van der Waals surface area contributed by atoms with E-state index in [9.17, 15) is 23.1 Å². The largest absolute Gasteiger partial charge is 0.471 e. The van der Waals surface area contributed by atoms with Crippen LogP contribution in [-0.4, -0.2) is 35.9 Å². The Morgan fingerprint density at radius 3 is 2.60 bits per heavy atom. The fraction of sp³-hybridized carbons (Fsp3) is 0.611. The van der Waals surface area contributed by atoms with E-state index in [1.807, 2.05) is 29.6 Å². The number of hydrogen-bond acceptors (Lipinski definition) is 3. The Hall–Kier alpha value is -1.76. The second-order valence-electron chi connectivity index (χ2n) is 6.70. The van der Waals surface area contributed by atoms with E-state index in [1.165, 1.54) is 6.42 Å². The molecule has 25 heavy (non-hydrogen) atoms. The molecule has 0 bridgehead atoms. The minimum atomic E-state index is -4.83. The third-order valence-electron chi connectivity index (χ3n) is 4.52. The first-order valence-corrected chi connectivity index (χ1v) is 8.69. The molecule has 1 aliphatic carbocycles. The first-order valence-electron chi connectivity index (χ1n) is 8.69. The van der Waals surface area contributed by atoms with Crippen molar-refractivity contribution in [3.05, 3.63) is 29.8 Å². The fourth-order valence-corrected chi connectivity index (χ4v) is 3.08. The van der Waals surface area contributed by atoms with Crippen LogP contribution in [0.1, 0.15) is 44.1 Å². The van der Waals surface area contributed by atoms with Crippen LogP contribution in [0.4, 0.5) is 18.9 Å². The van der Waals surface area contributed by atoms with E-state index in [0.717, 1.165) is 36.9 Å². The van der Waals surface area contributed by atoms with Crippen LogP contribution >= 0.6 is 0 Å². The van der Waals surface area contributed by atoms with Crippen LogP contribution < -0.4 is 10.6 Å². The van der Waals surface area contributed by atoms with Crippen molar-refractivity contribution in [1.29, 1.82) is 0 Å². The predicted octanol–water partition coefficient (Wildman–Crippen LogP) is 3.40. The van der Waals surface area contributed by atoms with Gasteiger partial charge in [-0.2, -0.15) is 13.2 Å². The van der Waals surface area contributed by atoms with Crippen molar-refractivity contribution in [2.45, 2.75) is 56.7 Å². The zero-order valence-electron chi connectivity index (χ0n) is 14.2. The second kappa shape index (κ2) is 8.56. The Labute approximate surface area is 145 Å². The van der Waals surface area contributed by atoms with E-state index >= 15 is 0 Å². The van der Waals surface area contributed by atoms with E-state index < -0.39 is 17.7 Å². The summed E-state index contributed by atoms with van der Waals surface area (Å²) in [5.41, 5.74) is 1.20. The van der Waals surface area contributed by atoms with Crippen molar-refractivity contribution in [3.8, 4) is 0 Å². The Kier molecular flexibility index (Phi) is 6.70. The van der Waals surface area contributed by atoms with Gasteiger partial charge in [0.25, 0.3) is 0 Å². The summed E-state index contributed by atoms with van der Waals surface area (Å²) in [5, 5.41) is 15.6. The first-order chi connectivity index (χ1) is 11.8. The molecule has 140 valence electrons. The molecule has 4 nitrogen and oxygen atoms in total. The SMILES string of the molecule is O=C(NCCCc1cccc(NCC2(O)CCCCC2)c1)C(F)(F)F. The number of aryl methyl sites for hydroxylation is 1. The average Bonchev–Trinajstić information content (AvgIpc) is 2.57. The van der Waals surface area contributed by atoms with Crippen LogP contribution in [0.5, 0.6) is 0 Å². The quantitative estimate of drug-likeness (QED) is 0.655. The van der Waals surface area contributed by atoms with Crippen molar-refractivity contribution in [1.82, 2.24) is 5.32 Å². The number of carbonyl (C=O) groups excluding carboxylic acids is 1. The minimum absolute atomic E-state index is 0.0181. The molecule has 1 fully saturated rings. The standard InChI is InChI=1S/C18H25F3N2O2/c19-18(20,21)16(24)22-11-5-7-14-6-4-8-15(12-14)23-13-17(25)9-2-1-3-10-17/h4,6,8,12,23,25H,1-3,5,7,9-11,13H2,(H,22,24). The van der Waals surface area contributed by atoms with E-state index in [0.29, 0.717) is 19.4 Å². The molecule has 0 atom stereocenters. The molecule has 0 radical (unpaired) electrons. The molecule has 7 heteroatoms. The van der Waals surface area contributed by atoms with Crippen molar-refractivity contribution in [2.75, 3.05) is 18.4 Å². The maximum atomic E-state index is 12.1. The highest BCUT2D eigenvalue weighted by Gasteiger charge is 2.38. The van der Waals surface area contributed by atoms with Gasteiger partial charge in [0.1, 0.15) is 0 Å². The number of aliphatic hydroxyl groups is 1. The smallest absolute Gasteiger partial charge is 0.388 e. The lowest BCUT2D eigenvalue weighted by Gasteiger charge is -2.32.